The summed E-state index contributed by atoms with van der Waals surface area (Å²) in [4.78, 5) is 5.31. The van der Waals surface area contributed by atoms with E-state index < -0.39 is 15.6 Å². The van der Waals surface area contributed by atoms with Crippen LogP contribution in [0.15, 0.2) is 157 Å². The first-order valence-corrected chi connectivity index (χ1v) is 18.1. The van der Waals surface area contributed by atoms with Crippen molar-refractivity contribution in [3.05, 3.63) is 191 Å². The highest BCUT2D eigenvalue weighted by molar-refractivity contribution is 7.90. The molecule has 0 radical (unpaired) electrons. The van der Waals surface area contributed by atoms with Gasteiger partial charge >= 0.3 is 0 Å². The minimum atomic E-state index is -3.80. The van der Waals surface area contributed by atoms with Gasteiger partial charge in [-0.15, -0.1) is 0 Å². The first kappa shape index (κ1) is 32.3. The van der Waals surface area contributed by atoms with E-state index in [1.165, 1.54) is 3.97 Å². The Hall–Kier alpha value is -5.24. The lowest BCUT2D eigenvalue weighted by Crippen LogP contribution is -2.38. The molecule has 0 spiro atoms. The van der Waals surface area contributed by atoms with Crippen molar-refractivity contribution < 1.29 is 8.42 Å². The van der Waals surface area contributed by atoms with Crippen molar-refractivity contribution in [2.45, 2.75) is 43.7 Å². The molecule has 5 aromatic carbocycles. The fourth-order valence-electron chi connectivity index (χ4n) is 7.33. The predicted molar refractivity (Wildman–Crippen MR) is 197 cm³/mol. The number of aromatic nitrogens is 3. The molecule has 7 heteroatoms. The van der Waals surface area contributed by atoms with Gasteiger partial charge in [0.15, 0.2) is 0 Å². The van der Waals surface area contributed by atoms with Crippen molar-refractivity contribution in [1.82, 2.24) is 18.8 Å². The molecular formula is C42H40N4O2S. The van der Waals surface area contributed by atoms with Crippen LogP contribution in [0.4, 0.5) is 0 Å². The predicted octanol–water partition coefficient (Wildman–Crippen LogP) is 8.43. The Morgan fingerprint density at radius 2 is 1.18 bits per heavy atom. The Morgan fingerprint density at radius 3 is 1.73 bits per heavy atom. The van der Waals surface area contributed by atoms with Crippen LogP contribution in [0.5, 0.6) is 0 Å². The van der Waals surface area contributed by atoms with Gasteiger partial charge in [0.1, 0.15) is 5.54 Å². The van der Waals surface area contributed by atoms with Crippen LogP contribution in [0.1, 0.15) is 52.3 Å². The number of nitrogens with zero attached hydrogens (tertiary/aromatic N) is 3. The van der Waals surface area contributed by atoms with E-state index >= 15 is 0 Å². The first-order chi connectivity index (χ1) is 23.8. The van der Waals surface area contributed by atoms with E-state index in [4.69, 9.17) is 4.98 Å². The largest absolute Gasteiger partial charge is 0.316 e. The maximum Gasteiger partial charge on any atom is 0.268 e. The van der Waals surface area contributed by atoms with Crippen molar-refractivity contribution >= 4 is 20.9 Å². The molecule has 1 unspecified atom stereocenters. The Balaban J connectivity index is 1.24. The highest BCUT2D eigenvalue weighted by Crippen LogP contribution is 2.42. The van der Waals surface area contributed by atoms with Crippen LogP contribution < -0.4 is 5.32 Å². The van der Waals surface area contributed by atoms with Crippen LogP contribution in [0, 0.1) is 13.8 Å². The molecule has 0 saturated heterocycles. The summed E-state index contributed by atoms with van der Waals surface area (Å²) in [6.45, 7) is 6.84. The lowest BCUT2D eigenvalue weighted by Gasteiger charge is -2.38. The molecule has 0 amide bonds. The van der Waals surface area contributed by atoms with E-state index in [1.54, 1.807) is 24.3 Å². The first-order valence-electron chi connectivity index (χ1n) is 16.7. The van der Waals surface area contributed by atoms with Gasteiger partial charge in [0.2, 0.25) is 0 Å². The van der Waals surface area contributed by atoms with E-state index in [1.807, 2.05) is 43.6 Å². The molecular weight excluding hydrogens is 625 g/mol. The topological polar surface area (TPSA) is 68.9 Å². The maximum atomic E-state index is 14.0. The fraction of sp³-hybridized carbons (Fsp3) is 0.167. The molecule has 2 aromatic heterocycles. The number of aryl methyl sites for hydroxylation is 1. The highest BCUT2D eigenvalue weighted by Gasteiger charge is 2.40. The Bertz CT molecular complexity index is 2200. The second-order valence-corrected chi connectivity index (χ2v) is 14.3. The Morgan fingerprint density at radius 1 is 0.694 bits per heavy atom. The number of benzene rings is 5. The summed E-state index contributed by atoms with van der Waals surface area (Å²) < 4.78 is 31.9. The summed E-state index contributed by atoms with van der Waals surface area (Å²) in [6.07, 6.45) is 2.49. The third-order valence-electron chi connectivity index (χ3n) is 9.69. The molecule has 1 atom stereocenters. The zero-order chi connectivity index (χ0) is 34.0. The molecule has 49 heavy (non-hydrogen) atoms. The monoisotopic (exact) mass is 664 g/mol. The molecule has 6 nitrogen and oxygen atoms in total. The minimum Gasteiger partial charge on any atom is -0.316 e. The molecule has 0 saturated carbocycles. The normalized spacial score (nSPS) is 12.7. The number of para-hydroxylation sites is 1. The number of imidazole rings is 1. The van der Waals surface area contributed by atoms with Crippen molar-refractivity contribution in [3.8, 4) is 0 Å². The second kappa shape index (κ2) is 13.3. The molecule has 2 heterocycles. The zero-order valence-corrected chi connectivity index (χ0v) is 28.8. The van der Waals surface area contributed by atoms with E-state index in [-0.39, 0.29) is 10.9 Å². The summed E-state index contributed by atoms with van der Waals surface area (Å²) in [5.74, 6) is 0. The summed E-state index contributed by atoms with van der Waals surface area (Å²) >= 11 is 0. The average Bonchev–Trinajstić information content (AvgIpc) is 3.67. The summed E-state index contributed by atoms with van der Waals surface area (Å²) in [7, 11) is -3.80. The van der Waals surface area contributed by atoms with Gasteiger partial charge in [-0.05, 0) is 61.2 Å². The average molecular weight is 665 g/mol. The number of rotatable bonds is 11. The smallest absolute Gasteiger partial charge is 0.268 e. The molecule has 0 aliphatic carbocycles. The fourth-order valence-corrected chi connectivity index (χ4v) is 8.98. The molecule has 7 rings (SSSR count). The molecule has 0 aliphatic heterocycles. The van der Waals surface area contributed by atoms with Gasteiger partial charge < -0.3 is 9.88 Å². The molecule has 0 aliphatic rings. The van der Waals surface area contributed by atoms with Crippen molar-refractivity contribution in [2.24, 2.45) is 0 Å². The van der Waals surface area contributed by atoms with E-state index in [0.717, 1.165) is 44.7 Å². The Kier molecular flexibility index (Phi) is 8.80. The Labute approximate surface area is 288 Å². The van der Waals surface area contributed by atoms with Crippen LogP contribution in [-0.2, 0) is 22.0 Å². The van der Waals surface area contributed by atoms with Crippen LogP contribution in [-0.4, -0.2) is 28.5 Å². The number of nitrogens with one attached hydrogen (secondary N) is 1. The van der Waals surface area contributed by atoms with Crippen molar-refractivity contribution in [2.75, 3.05) is 6.54 Å². The molecule has 0 fully saturated rings. The summed E-state index contributed by atoms with van der Waals surface area (Å²) in [6, 6.07) is 48.1. The van der Waals surface area contributed by atoms with E-state index in [0.29, 0.717) is 18.5 Å². The standard InChI is InChI=1S/C42H40N4O2S/c1-31-38-26-16-17-27-40(38)46(49(47,48)37-24-14-7-15-25-37)39(31)28-29-43-32(2)41-33(3)45(30-44-41)42(34-18-8-4-9-19-34,35-20-10-5-11-21-35)36-22-12-6-13-23-36/h4-27,30,32,43H,28-29H2,1-3H3. The number of hydrogen-bond donors (Lipinski definition) is 1. The van der Waals surface area contributed by atoms with E-state index in [2.05, 4.69) is 115 Å². The molecule has 246 valence electrons. The highest BCUT2D eigenvalue weighted by atomic mass is 32.2. The number of fused-ring (bicyclic) bond motifs is 1. The van der Waals surface area contributed by atoms with Crippen molar-refractivity contribution in [1.29, 1.82) is 0 Å². The van der Waals surface area contributed by atoms with Crippen molar-refractivity contribution in [3.63, 3.8) is 0 Å². The van der Waals surface area contributed by atoms with E-state index in [9.17, 15) is 8.42 Å². The third kappa shape index (κ3) is 5.59. The van der Waals surface area contributed by atoms with Gasteiger partial charge in [0.05, 0.1) is 22.4 Å². The van der Waals surface area contributed by atoms with Gasteiger partial charge in [-0.2, -0.15) is 0 Å². The summed E-state index contributed by atoms with van der Waals surface area (Å²) in [5, 5.41) is 4.62. The lowest BCUT2D eigenvalue weighted by molar-refractivity contribution is 0.499. The van der Waals surface area contributed by atoms with Gasteiger partial charge in [-0.1, -0.05) is 127 Å². The second-order valence-electron chi connectivity index (χ2n) is 12.5. The minimum absolute atomic E-state index is 0.0925. The van der Waals surface area contributed by atoms with Gasteiger partial charge in [-0.3, -0.25) is 0 Å². The van der Waals surface area contributed by atoms with Crippen LogP contribution in [0.25, 0.3) is 10.9 Å². The molecule has 1 N–H and O–H groups in total. The van der Waals surface area contributed by atoms with Gasteiger partial charge in [-0.25, -0.2) is 17.4 Å². The SMILES string of the molecule is Cc1c(CCNC(C)c2ncn(C(c3ccccc3)(c3ccccc3)c3ccccc3)c2C)n(S(=O)(=O)c2ccccc2)c2ccccc12. The van der Waals surface area contributed by atoms with Gasteiger partial charge in [0.25, 0.3) is 10.0 Å². The quantitative estimate of drug-likeness (QED) is 0.141. The lowest BCUT2D eigenvalue weighted by atomic mass is 9.76. The molecule has 7 aromatic rings. The van der Waals surface area contributed by atoms with Crippen LogP contribution in [0.3, 0.4) is 0 Å². The third-order valence-corrected chi connectivity index (χ3v) is 11.5. The van der Waals surface area contributed by atoms with Gasteiger partial charge in [0, 0.05) is 35.8 Å². The number of hydrogen-bond acceptors (Lipinski definition) is 4. The zero-order valence-electron chi connectivity index (χ0n) is 28.0. The maximum absolute atomic E-state index is 14.0. The van der Waals surface area contributed by atoms with Crippen LogP contribution >= 0.6 is 0 Å². The molecule has 0 bridgehead atoms. The summed E-state index contributed by atoms with van der Waals surface area (Å²) in [5.41, 5.74) is 7.22. The van der Waals surface area contributed by atoms with Crippen LogP contribution in [0.2, 0.25) is 0 Å².